The minimum absolute atomic E-state index is 0. The van der Waals surface area contributed by atoms with Crippen molar-refractivity contribution in [2.75, 3.05) is 13.2 Å². The zero-order chi connectivity index (χ0) is 15.8. The number of hydrogen-bond acceptors (Lipinski definition) is 12. The number of phosphoric ester groups is 2. The molecule has 3 unspecified atom stereocenters. The van der Waals surface area contributed by atoms with Crippen LogP contribution in [0.25, 0.3) is 0 Å². The molecule has 4 atom stereocenters. The molecule has 13 nitrogen and oxygen atoms in total. The number of aliphatic hydroxyl groups is 3. The topological polar surface area (TPSA) is 246 Å². The predicted molar refractivity (Wildman–Crippen MR) is 52.6 cm³/mol. The van der Waals surface area contributed by atoms with E-state index in [-0.39, 0.29) is 124 Å². The summed E-state index contributed by atoms with van der Waals surface area (Å²) in [6, 6.07) is 0. The smallest absolute Gasteiger partial charge is 0.790 e. The van der Waals surface area contributed by atoms with Crippen LogP contribution in [0.1, 0.15) is 0 Å². The Labute approximate surface area is 231 Å². The Balaban J connectivity index is -0.000000267. The molecule has 128 valence electrons. The first-order valence-corrected chi connectivity index (χ1v) is 7.86. The molecule has 0 saturated carbocycles. The molecule has 0 aromatic carbocycles. The molecular weight excluding hydrogens is 434 g/mol. The van der Waals surface area contributed by atoms with Gasteiger partial charge in [0.1, 0.15) is 24.9 Å². The normalized spacial score (nSPS) is 28.4. The second-order valence-electron chi connectivity index (χ2n) is 3.90. The SMILES string of the molecule is O.O=P([O-])([O-])OCC1O[C@](O)(COP(=O)([O-])[O-])C(O)C1O.[Na+].[Na+].[Na+].[Na+]. The number of aliphatic hydroxyl groups excluding tert-OH is 2. The third-order valence-electron chi connectivity index (χ3n) is 2.35. The molecule has 0 aliphatic carbocycles. The summed E-state index contributed by atoms with van der Waals surface area (Å²) < 4.78 is 32.6. The largest absolute Gasteiger partial charge is 1.00 e. The molecule has 19 heteroatoms. The van der Waals surface area contributed by atoms with Gasteiger partial charge in [-0.3, -0.25) is 0 Å². The maximum Gasteiger partial charge on any atom is 1.00 e. The van der Waals surface area contributed by atoms with Crippen molar-refractivity contribution >= 4 is 15.6 Å². The van der Waals surface area contributed by atoms with Crippen LogP contribution in [0.3, 0.4) is 0 Å². The zero-order valence-electron chi connectivity index (χ0n) is 14.1. The number of ether oxygens (including phenoxy) is 1. The van der Waals surface area contributed by atoms with Gasteiger partial charge in [0.25, 0.3) is 0 Å². The molecule has 0 aromatic heterocycles. The van der Waals surface area contributed by atoms with Gasteiger partial charge in [-0.25, -0.2) is 0 Å². The second kappa shape index (κ2) is 15.8. The third-order valence-corrected chi connectivity index (χ3v) is 3.26. The fourth-order valence-electron chi connectivity index (χ4n) is 1.46. The standard InChI is InChI=1S/C6H14O12P2.4Na.H2O/c7-4-3(1-16-19(10,11)12)18-6(9,5(4)8)2-17-20(13,14)15;;;;;/h3-5,7-9H,1-2H2,(H2,10,11,12)(H2,13,14,15);;;;;1H2/q;4*+1;/p-4/t3?,4?,5?,6-;;;;;/m1...../s1. The fraction of sp³-hybridized carbons (Fsp3) is 1.00. The van der Waals surface area contributed by atoms with Crippen molar-refractivity contribution in [2.24, 2.45) is 0 Å². The Morgan fingerprint density at radius 2 is 1.36 bits per heavy atom. The monoisotopic (exact) mass is 446 g/mol. The molecule has 0 spiro atoms. The molecule has 0 radical (unpaired) electrons. The summed E-state index contributed by atoms with van der Waals surface area (Å²) >= 11 is 0. The Bertz CT molecular complexity index is 444. The van der Waals surface area contributed by atoms with E-state index in [0.717, 1.165) is 0 Å². The molecule has 1 aliphatic heterocycles. The molecule has 1 rings (SSSR count). The number of hydrogen-bond donors (Lipinski definition) is 3. The maximum atomic E-state index is 10.3. The van der Waals surface area contributed by atoms with Gasteiger partial charge >= 0.3 is 118 Å². The second-order valence-corrected chi connectivity index (χ2v) is 6.21. The summed E-state index contributed by atoms with van der Waals surface area (Å²) in [7, 11) is -10.9. The first kappa shape index (κ1) is 39.5. The molecule has 1 aliphatic rings. The van der Waals surface area contributed by atoms with Gasteiger partial charge in [0, 0.05) is 0 Å². The average molecular weight is 446 g/mol. The molecule has 1 fully saturated rings. The van der Waals surface area contributed by atoms with E-state index in [4.69, 9.17) is 0 Å². The van der Waals surface area contributed by atoms with Crippen molar-refractivity contribution in [3.05, 3.63) is 0 Å². The van der Waals surface area contributed by atoms with Gasteiger partial charge < -0.3 is 63.3 Å². The molecule has 25 heavy (non-hydrogen) atoms. The molecule has 5 N–H and O–H groups in total. The van der Waals surface area contributed by atoms with E-state index >= 15 is 0 Å². The summed E-state index contributed by atoms with van der Waals surface area (Å²) in [5.74, 6) is -2.78. The fourth-order valence-corrected chi connectivity index (χ4v) is 2.13. The molecule has 1 saturated heterocycles. The molecular formula is C6H12Na4O13P2. The van der Waals surface area contributed by atoms with Gasteiger partial charge in [0.15, 0.2) is 0 Å². The van der Waals surface area contributed by atoms with Gasteiger partial charge in [-0.2, -0.15) is 0 Å². The first-order chi connectivity index (χ1) is 8.84. The average Bonchev–Trinajstić information content (AvgIpc) is 2.48. The van der Waals surface area contributed by atoms with Crippen molar-refractivity contribution in [3.63, 3.8) is 0 Å². The van der Waals surface area contributed by atoms with Gasteiger partial charge in [0.05, 0.1) is 22.3 Å². The zero-order valence-corrected chi connectivity index (χ0v) is 23.8. The summed E-state index contributed by atoms with van der Waals surface area (Å²) in [5, 5.41) is 28.5. The van der Waals surface area contributed by atoms with Gasteiger partial charge in [0.2, 0.25) is 5.79 Å². The third kappa shape index (κ3) is 14.6. The van der Waals surface area contributed by atoms with Crippen molar-refractivity contribution in [1.82, 2.24) is 0 Å². The first-order valence-electron chi connectivity index (χ1n) is 4.93. The van der Waals surface area contributed by atoms with Gasteiger partial charge in [-0.15, -0.1) is 0 Å². The summed E-state index contributed by atoms with van der Waals surface area (Å²) in [5.41, 5.74) is 0. The Morgan fingerprint density at radius 3 is 1.72 bits per heavy atom. The van der Waals surface area contributed by atoms with E-state index in [1.54, 1.807) is 0 Å². The van der Waals surface area contributed by atoms with Crippen LogP contribution in [0.2, 0.25) is 0 Å². The Morgan fingerprint density at radius 1 is 0.960 bits per heavy atom. The summed E-state index contributed by atoms with van der Waals surface area (Å²) in [6.45, 7) is -2.37. The van der Waals surface area contributed by atoms with Crippen molar-refractivity contribution in [2.45, 2.75) is 24.1 Å². The minimum atomic E-state index is -5.48. The van der Waals surface area contributed by atoms with E-state index in [1.165, 1.54) is 0 Å². The molecule has 1 heterocycles. The van der Waals surface area contributed by atoms with Crippen LogP contribution in [0.5, 0.6) is 0 Å². The molecule has 0 aromatic rings. The quantitative estimate of drug-likeness (QED) is 0.254. The van der Waals surface area contributed by atoms with Gasteiger partial charge in [-0.1, -0.05) is 0 Å². The van der Waals surface area contributed by atoms with E-state index < -0.39 is 53.0 Å². The van der Waals surface area contributed by atoms with E-state index in [2.05, 4.69) is 13.8 Å². The Kier molecular flexibility index (Phi) is 24.9. The van der Waals surface area contributed by atoms with Crippen LogP contribution in [0, 0.1) is 0 Å². The van der Waals surface area contributed by atoms with Crippen LogP contribution in [0.15, 0.2) is 0 Å². The molecule has 0 bridgehead atoms. The van der Waals surface area contributed by atoms with Gasteiger partial charge in [-0.05, 0) is 0 Å². The van der Waals surface area contributed by atoms with Crippen LogP contribution < -0.4 is 138 Å². The van der Waals surface area contributed by atoms with Crippen LogP contribution in [0.4, 0.5) is 0 Å². The van der Waals surface area contributed by atoms with Crippen LogP contribution in [-0.4, -0.2) is 58.1 Å². The predicted octanol–water partition coefficient (Wildman–Crippen LogP) is -18.3. The van der Waals surface area contributed by atoms with E-state index in [1.807, 2.05) is 0 Å². The summed E-state index contributed by atoms with van der Waals surface area (Å²) in [4.78, 5) is 41.0. The van der Waals surface area contributed by atoms with E-state index in [0.29, 0.717) is 0 Å². The van der Waals surface area contributed by atoms with Crippen LogP contribution >= 0.6 is 15.6 Å². The molecule has 0 amide bonds. The Hall–Kier alpha value is 4.02. The maximum absolute atomic E-state index is 10.3. The van der Waals surface area contributed by atoms with Crippen molar-refractivity contribution in [1.29, 1.82) is 0 Å². The minimum Gasteiger partial charge on any atom is -0.790 e. The van der Waals surface area contributed by atoms with Crippen LogP contribution in [-0.2, 0) is 22.9 Å². The van der Waals surface area contributed by atoms with Crippen molar-refractivity contribution < 1.29 is 182 Å². The summed E-state index contributed by atoms with van der Waals surface area (Å²) in [6.07, 6.45) is -5.69. The van der Waals surface area contributed by atoms with E-state index in [9.17, 15) is 44.0 Å². The number of phosphoric acid groups is 2. The number of rotatable bonds is 6. The van der Waals surface area contributed by atoms with Crippen molar-refractivity contribution in [3.8, 4) is 0 Å².